The fourth-order valence-electron chi connectivity index (χ4n) is 3.22. The average molecular weight is 285 g/mol. The molecule has 0 bridgehead atoms. The highest BCUT2D eigenvalue weighted by molar-refractivity contribution is 5.18. The Balaban J connectivity index is 1.29. The van der Waals surface area contributed by atoms with Crippen LogP contribution >= 0.6 is 0 Å². The Bertz CT molecular complexity index is 667. The molecule has 3 heterocycles. The van der Waals surface area contributed by atoms with Crippen LogP contribution in [0.1, 0.15) is 60.7 Å². The van der Waals surface area contributed by atoms with Crippen LogP contribution in [0.4, 0.5) is 0 Å². The van der Waals surface area contributed by atoms with Gasteiger partial charge in [-0.15, -0.1) is 0 Å². The van der Waals surface area contributed by atoms with Crippen LogP contribution in [0.3, 0.4) is 0 Å². The van der Waals surface area contributed by atoms with E-state index in [0.29, 0.717) is 5.92 Å². The van der Waals surface area contributed by atoms with Gasteiger partial charge in [0.1, 0.15) is 0 Å². The van der Waals surface area contributed by atoms with Crippen molar-refractivity contribution in [3.63, 3.8) is 0 Å². The average Bonchev–Trinajstić information content (AvgIpc) is 3.43. The van der Waals surface area contributed by atoms with Crippen molar-refractivity contribution in [1.29, 1.82) is 0 Å². The molecule has 2 saturated carbocycles. The van der Waals surface area contributed by atoms with Gasteiger partial charge >= 0.3 is 0 Å². The lowest BCUT2D eigenvalue weighted by Crippen LogP contribution is -2.31. The van der Waals surface area contributed by atoms with Crippen molar-refractivity contribution in [3.8, 4) is 0 Å². The molecule has 6 nitrogen and oxygen atoms in total. The standard InChI is InChI=1S/C15H19N5O/c1-2-10(1)15-17-14(21-18-15)8-19-6-5-13-12(7-19)16-9-20(13)11-3-4-11/h9-11H,1-8H2. The molecule has 1 aliphatic heterocycles. The molecule has 0 radical (unpaired) electrons. The zero-order valence-electron chi connectivity index (χ0n) is 12.0. The second-order valence-electron chi connectivity index (χ2n) is 6.56. The lowest BCUT2D eigenvalue weighted by atomic mass is 10.1. The molecule has 5 rings (SSSR count). The summed E-state index contributed by atoms with van der Waals surface area (Å²) < 4.78 is 7.78. The molecule has 2 aromatic heterocycles. The highest BCUT2D eigenvalue weighted by Crippen LogP contribution is 2.38. The lowest BCUT2D eigenvalue weighted by molar-refractivity contribution is 0.206. The van der Waals surface area contributed by atoms with E-state index in [0.717, 1.165) is 43.8 Å². The van der Waals surface area contributed by atoms with Gasteiger partial charge in [0.2, 0.25) is 5.89 Å². The van der Waals surface area contributed by atoms with E-state index in [4.69, 9.17) is 4.52 Å². The zero-order valence-corrected chi connectivity index (χ0v) is 12.0. The van der Waals surface area contributed by atoms with Crippen LogP contribution in [0.2, 0.25) is 0 Å². The summed E-state index contributed by atoms with van der Waals surface area (Å²) in [6.45, 7) is 2.69. The van der Waals surface area contributed by atoms with E-state index in [1.54, 1.807) is 0 Å². The molecule has 3 aliphatic rings. The first kappa shape index (κ1) is 11.9. The Morgan fingerprint density at radius 3 is 2.95 bits per heavy atom. The Hall–Kier alpha value is -1.69. The van der Waals surface area contributed by atoms with Crippen LogP contribution in [0.25, 0.3) is 0 Å². The van der Waals surface area contributed by atoms with Gasteiger partial charge in [-0.3, -0.25) is 4.90 Å². The number of hydrogen-bond donors (Lipinski definition) is 0. The summed E-state index contributed by atoms with van der Waals surface area (Å²) in [6.07, 6.45) is 8.17. The Morgan fingerprint density at radius 2 is 2.14 bits per heavy atom. The molecule has 0 N–H and O–H groups in total. The van der Waals surface area contributed by atoms with Gasteiger partial charge in [0.05, 0.1) is 18.6 Å². The van der Waals surface area contributed by atoms with Gasteiger partial charge in [-0.05, 0) is 25.7 Å². The Labute approximate surface area is 123 Å². The molecule has 2 fully saturated rings. The molecule has 2 aromatic rings. The number of hydrogen-bond acceptors (Lipinski definition) is 5. The Morgan fingerprint density at radius 1 is 1.24 bits per heavy atom. The topological polar surface area (TPSA) is 60.0 Å². The maximum Gasteiger partial charge on any atom is 0.240 e. The molecule has 0 saturated heterocycles. The van der Waals surface area contributed by atoms with Crippen LogP contribution in [0, 0.1) is 0 Å². The monoisotopic (exact) mass is 285 g/mol. The molecular weight excluding hydrogens is 266 g/mol. The van der Waals surface area contributed by atoms with Gasteiger partial charge in [0.25, 0.3) is 0 Å². The molecule has 0 atom stereocenters. The minimum Gasteiger partial charge on any atom is -0.338 e. The first-order chi connectivity index (χ1) is 10.4. The van der Waals surface area contributed by atoms with Crippen molar-refractivity contribution in [1.82, 2.24) is 24.6 Å². The summed E-state index contributed by atoms with van der Waals surface area (Å²) in [4.78, 5) is 11.5. The van der Waals surface area contributed by atoms with Crippen LogP contribution < -0.4 is 0 Å². The minimum atomic E-state index is 0.560. The predicted octanol–water partition coefficient (Wildman–Crippen LogP) is 2.04. The molecular formula is C15H19N5O. The molecule has 6 heteroatoms. The van der Waals surface area contributed by atoms with Crippen LogP contribution in [0.15, 0.2) is 10.9 Å². The number of aromatic nitrogens is 4. The SMILES string of the molecule is c1nc2c(n1C1CC1)CCN(Cc1nc(C3CC3)no1)C2. The third-order valence-electron chi connectivity index (χ3n) is 4.75. The number of nitrogens with zero attached hydrogens (tertiary/aromatic N) is 5. The molecule has 0 aromatic carbocycles. The van der Waals surface area contributed by atoms with Crippen molar-refractivity contribution in [2.24, 2.45) is 0 Å². The normalized spacial score (nSPS) is 22.5. The largest absolute Gasteiger partial charge is 0.338 e. The van der Waals surface area contributed by atoms with Gasteiger partial charge < -0.3 is 9.09 Å². The van der Waals surface area contributed by atoms with Gasteiger partial charge in [0.15, 0.2) is 5.82 Å². The summed E-state index contributed by atoms with van der Waals surface area (Å²) in [7, 11) is 0. The summed E-state index contributed by atoms with van der Waals surface area (Å²) in [6, 6.07) is 0.727. The maximum atomic E-state index is 5.38. The second kappa shape index (κ2) is 4.40. The van der Waals surface area contributed by atoms with Crippen molar-refractivity contribution in [3.05, 3.63) is 29.4 Å². The Kier molecular flexibility index (Phi) is 2.50. The number of imidazole rings is 1. The van der Waals surface area contributed by atoms with E-state index < -0.39 is 0 Å². The van der Waals surface area contributed by atoms with E-state index in [-0.39, 0.29) is 0 Å². The van der Waals surface area contributed by atoms with E-state index in [2.05, 4.69) is 24.6 Å². The predicted molar refractivity (Wildman–Crippen MR) is 74.6 cm³/mol. The van der Waals surface area contributed by atoms with Crippen molar-refractivity contribution in [2.75, 3.05) is 6.54 Å². The molecule has 110 valence electrons. The number of rotatable bonds is 4. The number of fused-ring (bicyclic) bond motifs is 1. The smallest absolute Gasteiger partial charge is 0.240 e. The van der Waals surface area contributed by atoms with Crippen molar-refractivity contribution < 1.29 is 4.52 Å². The zero-order chi connectivity index (χ0) is 13.8. The highest BCUT2D eigenvalue weighted by atomic mass is 16.5. The molecule has 0 unspecified atom stereocenters. The fraction of sp³-hybridized carbons (Fsp3) is 0.667. The molecule has 2 aliphatic carbocycles. The molecule has 0 amide bonds. The maximum absolute atomic E-state index is 5.38. The van der Waals surface area contributed by atoms with Crippen LogP contribution in [-0.4, -0.2) is 31.1 Å². The summed E-state index contributed by atoms with van der Waals surface area (Å²) >= 11 is 0. The van der Waals surface area contributed by atoms with Gasteiger partial charge in [-0.2, -0.15) is 4.98 Å². The van der Waals surface area contributed by atoms with Gasteiger partial charge in [0, 0.05) is 37.2 Å². The van der Waals surface area contributed by atoms with E-state index in [1.165, 1.54) is 37.1 Å². The summed E-state index contributed by atoms with van der Waals surface area (Å²) in [5, 5.41) is 4.09. The molecule has 0 spiro atoms. The lowest BCUT2D eigenvalue weighted by Gasteiger charge is -2.25. The minimum absolute atomic E-state index is 0.560. The first-order valence-corrected chi connectivity index (χ1v) is 7.96. The van der Waals surface area contributed by atoms with E-state index in [1.807, 2.05) is 6.33 Å². The fourth-order valence-corrected chi connectivity index (χ4v) is 3.22. The van der Waals surface area contributed by atoms with Crippen molar-refractivity contribution in [2.45, 2.75) is 57.2 Å². The quantitative estimate of drug-likeness (QED) is 0.860. The first-order valence-electron chi connectivity index (χ1n) is 7.96. The third-order valence-corrected chi connectivity index (χ3v) is 4.75. The second-order valence-corrected chi connectivity index (χ2v) is 6.56. The summed E-state index contributed by atoms with van der Waals surface area (Å²) in [5.74, 6) is 2.22. The van der Waals surface area contributed by atoms with Crippen LogP contribution in [-0.2, 0) is 19.5 Å². The van der Waals surface area contributed by atoms with E-state index in [9.17, 15) is 0 Å². The highest BCUT2D eigenvalue weighted by Gasteiger charge is 2.31. The summed E-state index contributed by atoms with van der Waals surface area (Å²) in [5.41, 5.74) is 2.67. The van der Waals surface area contributed by atoms with Gasteiger partial charge in [-0.25, -0.2) is 4.98 Å². The third kappa shape index (κ3) is 2.18. The molecule has 21 heavy (non-hydrogen) atoms. The van der Waals surface area contributed by atoms with Crippen LogP contribution in [0.5, 0.6) is 0 Å². The van der Waals surface area contributed by atoms with Crippen molar-refractivity contribution >= 4 is 0 Å². The van der Waals surface area contributed by atoms with Gasteiger partial charge in [-0.1, -0.05) is 5.16 Å². The van der Waals surface area contributed by atoms with E-state index >= 15 is 0 Å².